The predicted octanol–water partition coefficient (Wildman–Crippen LogP) is 3.69. The topological polar surface area (TPSA) is 43.1 Å². The highest BCUT2D eigenvalue weighted by Crippen LogP contribution is 2.31. The van der Waals surface area contributed by atoms with Crippen molar-refractivity contribution in [1.82, 2.24) is 0 Å². The molecule has 19 heavy (non-hydrogen) atoms. The summed E-state index contributed by atoms with van der Waals surface area (Å²) in [6.07, 6.45) is 0. The zero-order chi connectivity index (χ0) is 14.2. The van der Waals surface area contributed by atoms with Gasteiger partial charge in [-0.1, -0.05) is 24.3 Å². The average molecular weight is 253 g/mol. The summed E-state index contributed by atoms with van der Waals surface area (Å²) < 4.78 is 0. The fourth-order valence-corrected chi connectivity index (χ4v) is 2.42. The number of hydrogen-bond donors (Lipinski definition) is 1. The van der Waals surface area contributed by atoms with Gasteiger partial charge in [0, 0.05) is 5.56 Å². The summed E-state index contributed by atoms with van der Waals surface area (Å²) >= 11 is 0. The number of primary amides is 1. The van der Waals surface area contributed by atoms with Gasteiger partial charge in [-0.25, -0.2) is 0 Å². The Labute approximate surface area is 114 Å². The first-order chi connectivity index (χ1) is 8.93. The number of rotatable bonds is 2. The molecule has 0 atom stereocenters. The van der Waals surface area contributed by atoms with Gasteiger partial charge in [-0.15, -0.1) is 0 Å². The van der Waals surface area contributed by atoms with Crippen LogP contribution in [0.1, 0.15) is 32.6 Å². The van der Waals surface area contributed by atoms with Crippen molar-refractivity contribution >= 4 is 5.91 Å². The Morgan fingerprint density at radius 2 is 1.53 bits per heavy atom. The van der Waals surface area contributed by atoms with E-state index in [1.165, 1.54) is 22.3 Å². The maximum atomic E-state index is 11.6. The third-order valence-electron chi connectivity index (χ3n) is 3.96. The molecule has 98 valence electrons. The van der Waals surface area contributed by atoms with Crippen LogP contribution in [0.2, 0.25) is 0 Å². The molecule has 2 nitrogen and oxygen atoms in total. The molecule has 2 aromatic carbocycles. The van der Waals surface area contributed by atoms with E-state index in [-0.39, 0.29) is 5.91 Å². The third-order valence-corrected chi connectivity index (χ3v) is 3.96. The molecule has 0 aliphatic carbocycles. The van der Waals surface area contributed by atoms with Gasteiger partial charge in [0.2, 0.25) is 5.91 Å². The van der Waals surface area contributed by atoms with Gasteiger partial charge in [0.1, 0.15) is 0 Å². The second kappa shape index (κ2) is 4.88. The van der Waals surface area contributed by atoms with Crippen LogP contribution in [0.3, 0.4) is 0 Å². The molecule has 2 rings (SSSR count). The van der Waals surface area contributed by atoms with Crippen molar-refractivity contribution in [2.75, 3.05) is 0 Å². The summed E-state index contributed by atoms with van der Waals surface area (Å²) in [7, 11) is 0. The summed E-state index contributed by atoms with van der Waals surface area (Å²) in [5.74, 6) is -0.383. The van der Waals surface area contributed by atoms with E-state index >= 15 is 0 Å². The number of nitrogens with two attached hydrogens (primary N) is 1. The first-order valence-corrected chi connectivity index (χ1v) is 6.40. The lowest BCUT2D eigenvalue weighted by atomic mass is 9.89. The van der Waals surface area contributed by atoms with E-state index in [1.54, 1.807) is 6.07 Å². The summed E-state index contributed by atoms with van der Waals surface area (Å²) in [5, 5.41) is 0. The average Bonchev–Trinajstić information content (AvgIpc) is 2.40. The van der Waals surface area contributed by atoms with Crippen LogP contribution < -0.4 is 5.73 Å². The Bertz CT molecular complexity index is 657. The van der Waals surface area contributed by atoms with E-state index in [1.807, 2.05) is 18.2 Å². The van der Waals surface area contributed by atoms with E-state index in [0.717, 1.165) is 11.1 Å². The lowest BCUT2D eigenvalue weighted by Crippen LogP contribution is -2.12. The molecule has 2 N–H and O–H groups in total. The third kappa shape index (κ3) is 2.26. The molecule has 0 spiro atoms. The number of aryl methyl sites for hydroxylation is 1. The van der Waals surface area contributed by atoms with E-state index in [9.17, 15) is 4.79 Å². The summed E-state index contributed by atoms with van der Waals surface area (Å²) in [6, 6.07) is 9.65. The number of benzene rings is 2. The van der Waals surface area contributed by atoms with Crippen molar-refractivity contribution < 1.29 is 4.79 Å². The van der Waals surface area contributed by atoms with Crippen molar-refractivity contribution in [3.8, 4) is 11.1 Å². The van der Waals surface area contributed by atoms with Crippen LogP contribution in [-0.4, -0.2) is 5.91 Å². The number of amides is 1. The quantitative estimate of drug-likeness (QED) is 0.871. The molecular formula is C17H19NO. The predicted molar refractivity (Wildman–Crippen MR) is 79.3 cm³/mol. The van der Waals surface area contributed by atoms with Gasteiger partial charge in [-0.05, 0) is 67.1 Å². The van der Waals surface area contributed by atoms with E-state index in [4.69, 9.17) is 5.73 Å². The van der Waals surface area contributed by atoms with Crippen molar-refractivity contribution in [1.29, 1.82) is 0 Å². The van der Waals surface area contributed by atoms with E-state index in [0.29, 0.717) is 5.56 Å². The zero-order valence-corrected chi connectivity index (χ0v) is 11.9. The standard InChI is InChI=1S/C17H19NO/c1-10-9-16(13(4)12(3)11(10)2)14-7-5-6-8-15(14)17(18)19/h5-9H,1-4H3,(H2,18,19). The molecular weight excluding hydrogens is 234 g/mol. The van der Waals surface area contributed by atoms with Crippen LogP contribution in [-0.2, 0) is 0 Å². The zero-order valence-electron chi connectivity index (χ0n) is 11.9. The number of hydrogen-bond acceptors (Lipinski definition) is 1. The van der Waals surface area contributed by atoms with Gasteiger partial charge in [0.05, 0.1) is 0 Å². The summed E-state index contributed by atoms with van der Waals surface area (Å²) in [5.41, 5.74) is 13.1. The minimum absolute atomic E-state index is 0.383. The molecule has 0 radical (unpaired) electrons. The Balaban J connectivity index is 2.77. The molecule has 0 unspecified atom stereocenters. The van der Waals surface area contributed by atoms with Gasteiger partial charge < -0.3 is 5.73 Å². The first kappa shape index (κ1) is 13.3. The highest BCUT2D eigenvalue weighted by molar-refractivity contribution is 6.00. The van der Waals surface area contributed by atoms with Crippen molar-refractivity contribution in [2.45, 2.75) is 27.7 Å². The normalized spacial score (nSPS) is 10.5. The molecule has 0 saturated heterocycles. The fourth-order valence-electron chi connectivity index (χ4n) is 2.42. The highest BCUT2D eigenvalue weighted by atomic mass is 16.1. The molecule has 0 aromatic heterocycles. The summed E-state index contributed by atoms with van der Waals surface area (Å²) in [4.78, 5) is 11.6. The van der Waals surface area contributed by atoms with Crippen LogP contribution in [0, 0.1) is 27.7 Å². The molecule has 1 amide bonds. The largest absolute Gasteiger partial charge is 0.366 e. The smallest absolute Gasteiger partial charge is 0.249 e. The maximum Gasteiger partial charge on any atom is 0.249 e. The van der Waals surface area contributed by atoms with Gasteiger partial charge in [-0.3, -0.25) is 4.79 Å². The fraction of sp³-hybridized carbons (Fsp3) is 0.235. The molecule has 2 heteroatoms. The Morgan fingerprint density at radius 1 is 0.895 bits per heavy atom. The van der Waals surface area contributed by atoms with Crippen LogP contribution in [0.4, 0.5) is 0 Å². The molecule has 0 fully saturated rings. The molecule has 0 aliphatic heterocycles. The van der Waals surface area contributed by atoms with Crippen LogP contribution in [0.15, 0.2) is 30.3 Å². The lowest BCUT2D eigenvalue weighted by Gasteiger charge is -2.16. The minimum atomic E-state index is -0.383. The number of carbonyl (C=O) groups excluding carboxylic acids is 1. The van der Waals surface area contributed by atoms with E-state index in [2.05, 4.69) is 33.8 Å². The molecule has 2 aromatic rings. The van der Waals surface area contributed by atoms with Crippen molar-refractivity contribution in [3.05, 3.63) is 58.1 Å². The Hall–Kier alpha value is -2.09. The Kier molecular flexibility index (Phi) is 3.43. The molecule has 0 aliphatic rings. The van der Waals surface area contributed by atoms with Gasteiger partial charge in [-0.2, -0.15) is 0 Å². The first-order valence-electron chi connectivity index (χ1n) is 6.40. The molecule has 0 bridgehead atoms. The molecule has 0 heterocycles. The van der Waals surface area contributed by atoms with E-state index < -0.39 is 0 Å². The number of carbonyl (C=O) groups is 1. The van der Waals surface area contributed by atoms with Gasteiger partial charge in [0.25, 0.3) is 0 Å². The highest BCUT2D eigenvalue weighted by Gasteiger charge is 2.14. The second-order valence-electron chi connectivity index (χ2n) is 5.03. The van der Waals surface area contributed by atoms with Crippen molar-refractivity contribution in [2.24, 2.45) is 5.73 Å². The van der Waals surface area contributed by atoms with Crippen LogP contribution in [0.5, 0.6) is 0 Å². The Morgan fingerprint density at radius 3 is 2.16 bits per heavy atom. The van der Waals surface area contributed by atoms with Gasteiger partial charge >= 0.3 is 0 Å². The van der Waals surface area contributed by atoms with Crippen LogP contribution >= 0.6 is 0 Å². The summed E-state index contributed by atoms with van der Waals surface area (Å²) in [6.45, 7) is 8.43. The monoisotopic (exact) mass is 253 g/mol. The van der Waals surface area contributed by atoms with Gasteiger partial charge in [0.15, 0.2) is 0 Å². The van der Waals surface area contributed by atoms with Crippen LogP contribution in [0.25, 0.3) is 11.1 Å². The SMILES string of the molecule is Cc1cc(-c2ccccc2C(N)=O)c(C)c(C)c1C. The lowest BCUT2D eigenvalue weighted by molar-refractivity contribution is 0.100. The second-order valence-corrected chi connectivity index (χ2v) is 5.03. The molecule has 0 saturated carbocycles. The van der Waals surface area contributed by atoms with Crippen molar-refractivity contribution in [3.63, 3.8) is 0 Å². The maximum absolute atomic E-state index is 11.6. The minimum Gasteiger partial charge on any atom is -0.366 e.